The number of halogens is 3. The van der Waals surface area contributed by atoms with Crippen molar-refractivity contribution >= 4 is 34.8 Å². The van der Waals surface area contributed by atoms with E-state index in [2.05, 4.69) is 27.7 Å². The topological polar surface area (TPSA) is 26.0 Å². The fourth-order valence-corrected chi connectivity index (χ4v) is 2.33. The van der Waals surface area contributed by atoms with Crippen LogP contribution >= 0.6 is 34.8 Å². The molecule has 0 aromatic heterocycles. The molecule has 0 aliphatic heterocycles. The first-order valence-corrected chi connectivity index (χ1v) is 6.01. The lowest BCUT2D eigenvalue weighted by atomic mass is 9.79. The molecule has 0 radical (unpaired) electrons. The van der Waals surface area contributed by atoms with Gasteiger partial charge in [-0.15, -0.1) is 0 Å². The van der Waals surface area contributed by atoms with E-state index in [-0.39, 0.29) is 16.5 Å². The van der Waals surface area contributed by atoms with Gasteiger partial charge in [-0.05, 0) is 23.8 Å². The third-order valence-electron chi connectivity index (χ3n) is 2.28. The van der Waals surface area contributed by atoms with Crippen LogP contribution in [0.4, 0.5) is 0 Å². The van der Waals surface area contributed by atoms with E-state index in [1.807, 2.05) is 0 Å². The van der Waals surface area contributed by atoms with Crippen LogP contribution in [0.2, 0.25) is 0 Å². The Morgan fingerprint density at radius 2 is 1.73 bits per heavy atom. The molecule has 0 aromatic rings. The standard InChI is InChI=1S/C11H18Cl3N/c1-5-7(11(2,3)4)8(12)6-9(13)10(14)15/h6-7H,5,15H2,1-4H3/b8-6+,10-9+. The Balaban J connectivity index is 4.98. The van der Waals surface area contributed by atoms with Gasteiger partial charge in [-0.2, -0.15) is 0 Å². The molecule has 0 heterocycles. The summed E-state index contributed by atoms with van der Waals surface area (Å²) in [4.78, 5) is 0. The highest BCUT2D eigenvalue weighted by Gasteiger charge is 2.25. The zero-order valence-electron chi connectivity index (χ0n) is 9.57. The van der Waals surface area contributed by atoms with Gasteiger partial charge in [-0.3, -0.25) is 0 Å². The van der Waals surface area contributed by atoms with Crippen molar-refractivity contribution in [2.45, 2.75) is 34.1 Å². The molecule has 0 aliphatic rings. The molecule has 1 unspecified atom stereocenters. The molecule has 4 heteroatoms. The second-order valence-electron chi connectivity index (χ2n) is 4.55. The van der Waals surface area contributed by atoms with Gasteiger partial charge in [0.15, 0.2) is 0 Å². The lowest BCUT2D eigenvalue weighted by Gasteiger charge is -2.29. The summed E-state index contributed by atoms with van der Waals surface area (Å²) in [6, 6.07) is 0. The first-order chi connectivity index (χ1) is 6.70. The molecule has 0 saturated carbocycles. The average Bonchev–Trinajstić information content (AvgIpc) is 2.01. The quantitative estimate of drug-likeness (QED) is 0.579. The molecule has 88 valence electrons. The molecule has 0 amide bonds. The Kier molecular flexibility index (Phi) is 6.09. The van der Waals surface area contributed by atoms with Crippen molar-refractivity contribution < 1.29 is 0 Å². The average molecular weight is 271 g/mol. The Labute approximate surface area is 107 Å². The maximum absolute atomic E-state index is 6.20. The minimum atomic E-state index is 0.0681. The van der Waals surface area contributed by atoms with Crippen LogP contribution in [-0.2, 0) is 0 Å². The Bertz CT molecular complexity index is 270. The molecule has 0 rings (SSSR count). The number of hydrogen-bond donors (Lipinski definition) is 1. The van der Waals surface area contributed by atoms with Crippen molar-refractivity contribution in [1.82, 2.24) is 0 Å². The van der Waals surface area contributed by atoms with Crippen LogP contribution in [0.15, 0.2) is 21.3 Å². The van der Waals surface area contributed by atoms with Crippen molar-refractivity contribution in [3.63, 3.8) is 0 Å². The lowest BCUT2D eigenvalue weighted by molar-refractivity contribution is 0.281. The van der Waals surface area contributed by atoms with Crippen molar-refractivity contribution in [1.29, 1.82) is 0 Å². The molecule has 1 nitrogen and oxygen atoms in total. The fourth-order valence-electron chi connectivity index (χ4n) is 1.51. The van der Waals surface area contributed by atoms with Gasteiger partial charge in [-0.1, -0.05) is 62.5 Å². The molecule has 0 fully saturated rings. The van der Waals surface area contributed by atoms with E-state index in [9.17, 15) is 0 Å². The van der Waals surface area contributed by atoms with Crippen LogP contribution in [0.5, 0.6) is 0 Å². The van der Waals surface area contributed by atoms with Gasteiger partial charge in [0.2, 0.25) is 0 Å². The third kappa shape index (κ3) is 5.14. The second-order valence-corrected chi connectivity index (χ2v) is 5.80. The molecule has 2 N–H and O–H groups in total. The van der Waals surface area contributed by atoms with E-state index in [4.69, 9.17) is 40.5 Å². The summed E-state index contributed by atoms with van der Waals surface area (Å²) in [5.74, 6) is 0.254. The van der Waals surface area contributed by atoms with Crippen molar-refractivity contribution in [2.75, 3.05) is 0 Å². The predicted octanol–water partition coefficient (Wildman–Crippen LogP) is 4.79. The zero-order valence-corrected chi connectivity index (χ0v) is 11.8. The second kappa shape index (κ2) is 6.03. The molecular weight excluding hydrogens is 252 g/mol. The highest BCUT2D eigenvalue weighted by molar-refractivity contribution is 6.40. The van der Waals surface area contributed by atoms with Gasteiger partial charge in [0.25, 0.3) is 0 Å². The summed E-state index contributed by atoms with van der Waals surface area (Å²) in [5, 5.41) is 1.06. The van der Waals surface area contributed by atoms with Crippen molar-refractivity contribution in [2.24, 2.45) is 17.1 Å². The zero-order chi connectivity index (χ0) is 12.2. The SMILES string of the molecule is CCC(/C(Cl)=C\C(Cl)=C(/N)Cl)C(C)(C)C. The van der Waals surface area contributed by atoms with Crippen molar-refractivity contribution in [3.8, 4) is 0 Å². The molecule has 0 saturated heterocycles. The molecule has 0 aromatic carbocycles. The van der Waals surface area contributed by atoms with Crippen LogP contribution in [0.25, 0.3) is 0 Å². The number of allylic oxidation sites excluding steroid dienone is 3. The molecule has 0 spiro atoms. The summed E-state index contributed by atoms with van der Waals surface area (Å²) < 4.78 is 0. The highest BCUT2D eigenvalue weighted by atomic mass is 35.5. The van der Waals surface area contributed by atoms with Crippen LogP contribution in [0.3, 0.4) is 0 Å². The first-order valence-electron chi connectivity index (χ1n) is 4.88. The maximum Gasteiger partial charge on any atom is 0.118 e. The van der Waals surface area contributed by atoms with Gasteiger partial charge < -0.3 is 5.73 Å². The van der Waals surface area contributed by atoms with Gasteiger partial charge in [-0.25, -0.2) is 0 Å². The summed E-state index contributed by atoms with van der Waals surface area (Å²) >= 11 is 17.6. The van der Waals surface area contributed by atoms with Gasteiger partial charge in [0, 0.05) is 5.03 Å². The number of hydrogen-bond acceptors (Lipinski definition) is 1. The minimum absolute atomic E-state index is 0.0681. The van der Waals surface area contributed by atoms with Gasteiger partial charge in [0.1, 0.15) is 5.16 Å². The number of nitrogens with two attached hydrogens (primary N) is 1. The highest BCUT2D eigenvalue weighted by Crippen LogP contribution is 2.37. The Hall–Kier alpha value is 0.150. The molecule has 0 aliphatic carbocycles. The summed E-state index contributed by atoms with van der Waals surface area (Å²) in [5.41, 5.74) is 5.44. The monoisotopic (exact) mass is 269 g/mol. The minimum Gasteiger partial charge on any atom is -0.388 e. The molecule has 15 heavy (non-hydrogen) atoms. The van der Waals surface area contributed by atoms with E-state index < -0.39 is 0 Å². The van der Waals surface area contributed by atoms with Crippen LogP contribution < -0.4 is 5.73 Å². The van der Waals surface area contributed by atoms with E-state index in [1.165, 1.54) is 0 Å². The van der Waals surface area contributed by atoms with Crippen LogP contribution in [0, 0.1) is 11.3 Å². The van der Waals surface area contributed by atoms with E-state index >= 15 is 0 Å². The largest absolute Gasteiger partial charge is 0.388 e. The third-order valence-corrected chi connectivity index (χ3v) is 3.26. The summed E-state index contributed by atoms with van der Waals surface area (Å²) in [6.07, 6.45) is 2.58. The molecule has 0 bridgehead atoms. The van der Waals surface area contributed by atoms with Crippen LogP contribution in [-0.4, -0.2) is 0 Å². The van der Waals surface area contributed by atoms with Gasteiger partial charge in [0.05, 0.1) is 5.03 Å². The van der Waals surface area contributed by atoms with E-state index in [0.717, 1.165) is 6.42 Å². The lowest BCUT2D eigenvalue weighted by Crippen LogP contribution is -2.20. The normalized spacial score (nSPS) is 17.4. The van der Waals surface area contributed by atoms with E-state index in [0.29, 0.717) is 10.1 Å². The molecular formula is C11H18Cl3N. The van der Waals surface area contributed by atoms with Gasteiger partial charge >= 0.3 is 0 Å². The molecule has 1 atom stereocenters. The summed E-state index contributed by atoms with van der Waals surface area (Å²) in [7, 11) is 0. The van der Waals surface area contributed by atoms with E-state index in [1.54, 1.807) is 6.08 Å². The predicted molar refractivity (Wildman–Crippen MR) is 70.1 cm³/mol. The Morgan fingerprint density at radius 1 is 1.27 bits per heavy atom. The van der Waals surface area contributed by atoms with Crippen LogP contribution in [0.1, 0.15) is 34.1 Å². The number of rotatable bonds is 3. The first kappa shape index (κ1) is 15.2. The summed E-state index contributed by atoms with van der Waals surface area (Å²) in [6.45, 7) is 8.50. The smallest absolute Gasteiger partial charge is 0.118 e. The van der Waals surface area contributed by atoms with Crippen molar-refractivity contribution in [3.05, 3.63) is 21.3 Å². The maximum atomic E-state index is 6.20. The Morgan fingerprint density at radius 3 is 2.00 bits per heavy atom. The fraction of sp³-hybridized carbons (Fsp3) is 0.636.